The molecule has 10 heavy (non-hydrogen) atoms. The Balaban J connectivity index is 0.000000236. The molecule has 0 aromatic carbocycles. The summed E-state index contributed by atoms with van der Waals surface area (Å²) in [6.07, 6.45) is 1.65. The highest BCUT2D eigenvalue weighted by molar-refractivity contribution is 5.42. The van der Waals surface area contributed by atoms with Gasteiger partial charge in [0, 0.05) is 6.54 Å². The molecule has 1 unspecified atom stereocenters. The Morgan fingerprint density at radius 3 is 2.30 bits per heavy atom. The molecule has 3 nitrogen and oxygen atoms in total. The average molecular weight is 144 g/mol. The van der Waals surface area contributed by atoms with Crippen molar-refractivity contribution in [3.05, 3.63) is 0 Å². The topological polar surface area (TPSA) is 46.3 Å². The second kappa shape index (κ2) is 5.23. The SMILES string of the molecule is CC1CCN(C)C1.NC=O. The minimum absolute atomic E-state index is 0.250. The van der Waals surface area contributed by atoms with E-state index in [1.54, 1.807) is 0 Å². The van der Waals surface area contributed by atoms with Gasteiger partial charge in [0.2, 0.25) is 6.41 Å². The molecule has 0 spiro atoms. The van der Waals surface area contributed by atoms with E-state index in [4.69, 9.17) is 4.79 Å². The summed E-state index contributed by atoms with van der Waals surface area (Å²) in [6, 6.07) is 0. The summed E-state index contributed by atoms with van der Waals surface area (Å²) < 4.78 is 0. The van der Waals surface area contributed by atoms with Crippen molar-refractivity contribution in [3.8, 4) is 0 Å². The van der Waals surface area contributed by atoms with Gasteiger partial charge >= 0.3 is 0 Å². The van der Waals surface area contributed by atoms with Crippen molar-refractivity contribution in [1.82, 2.24) is 4.90 Å². The summed E-state index contributed by atoms with van der Waals surface area (Å²) in [7, 11) is 2.18. The van der Waals surface area contributed by atoms with Gasteiger partial charge in [-0.1, -0.05) is 6.92 Å². The summed E-state index contributed by atoms with van der Waals surface area (Å²) >= 11 is 0. The summed E-state index contributed by atoms with van der Waals surface area (Å²) in [5, 5.41) is 0. The fourth-order valence-corrected chi connectivity index (χ4v) is 1.16. The number of likely N-dealkylation sites (tertiary alicyclic amines) is 1. The van der Waals surface area contributed by atoms with Crippen molar-refractivity contribution in [3.63, 3.8) is 0 Å². The van der Waals surface area contributed by atoms with Crippen molar-refractivity contribution in [1.29, 1.82) is 0 Å². The monoisotopic (exact) mass is 144 g/mol. The Hall–Kier alpha value is -0.570. The number of hydrogen-bond acceptors (Lipinski definition) is 2. The lowest BCUT2D eigenvalue weighted by molar-refractivity contribution is -0.106. The Morgan fingerprint density at radius 2 is 2.20 bits per heavy atom. The number of carbonyl (C=O) groups is 1. The molecular formula is C7H16N2O. The van der Waals surface area contributed by atoms with Crippen LogP contribution < -0.4 is 5.73 Å². The van der Waals surface area contributed by atoms with Gasteiger partial charge in [-0.15, -0.1) is 0 Å². The Bertz CT molecular complexity index is 87.6. The molecule has 0 aromatic rings. The van der Waals surface area contributed by atoms with Gasteiger partial charge < -0.3 is 10.6 Å². The number of primary amides is 1. The van der Waals surface area contributed by atoms with Crippen LogP contribution in [0.3, 0.4) is 0 Å². The highest BCUT2D eigenvalue weighted by atomic mass is 16.1. The quantitative estimate of drug-likeness (QED) is 0.489. The first-order valence-corrected chi connectivity index (χ1v) is 3.54. The summed E-state index contributed by atoms with van der Waals surface area (Å²) in [6.45, 7) is 4.92. The Kier molecular flexibility index (Phi) is 4.94. The predicted molar refractivity (Wildman–Crippen MR) is 41.5 cm³/mol. The molecular weight excluding hydrogens is 128 g/mol. The van der Waals surface area contributed by atoms with Crippen molar-refractivity contribution < 1.29 is 4.79 Å². The maximum atomic E-state index is 8.58. The van der Waals surface area contributed by atoms with Crippen LogP contribution in [0.25, 0.3) is 0 Å². The highest BCUT2D eigenvalue weighted by Gasteiger charge is 2.13. The number of carbonyl (C=O) groups excluding carboxylic acids is 1. The number of hydrogen-bond donors (Lipinski definition) is 1. The molecule has 0 saturated carbocycles. The van der Waals surface area contributed by atoms with E-state index >= 15 is 0 Å². The molecule has 1 fully saturated rings. The van der Waals surface area contributed by atoms with Crippen LogP contribution in [0.5, 0.6) is 0 Å². The molecule has 0 aromatic heterocycles. The lowest BCUT2D eigenvalue weighted by atomic mass is 10.2. The van der Waals surface area contributed by atoms with Gasteiger partial charge in [-0.2, -0.15) is 0 Å². The fraction of sp³-hybridized carbons (Fsp3) is 0.857. The standard InChI is InChI=1S/C6H13N.CH3NO/c1-6-3-4-7(2)5-6;2-1-3/h6H,3-5H2,1-2H3;1H,(H2,2,3). The number of nitrogens with zero attached hydrogens (tertiary/aromatic N) is 1. The van der Waals surface area contributed by atoms with Gasteiger partial charge in [0.1, 0.15) is 0 Å². The molecule has 1 amide bonds. The largest absolute Gasteiger partial charge is 0.372 e. The van der Waals surface area contributed by atoms with Crippen molar-refractivity contribution in [2.75, 3.05) is 20.1 Å². The summed E-state index contributed by atoms with van der Waals surface area (Å²) in [4.78, 5) is 11.0. The average Bonchev–Trinajstić information content (AvgIpc) is 2.17. The minimum Gasteiger partial charge on any atom is -0.372 e. The van der Waals surface area contributed by atoms with E-state index in [-0.39, 0.29) is 6.41 Å². The first-order chi connectivity index (χ1) is 4.70. The summed E-state index contributed by atoms with van der Waals surface area (Å²) in [5.41, 5.74) is 4.17. The molecule has 1 aliphatic rings. The van der Waals surface area contributed by atoms with E-state index in [2.05, 4.69) is 24.6 Å². The first-order valence-electron chi connectivity index (χ1n) is 3.54. The maximum Gasteiger partial charge on any atom is 0.204 e. The second-order valence-corrected chi connectivity index (χ2v) is 2.79. The molecule has 60 valence electrons. The normalized spacial score (nSPS) is 25.2. The van der Waals surface area contributed by atoms with Crippen LogP contribution in [0.1, 0.15) is 13.3 Å². The van der Waals surface area contributed by atoms with Crippen LogP contribution in [-0.2, 0) is 4.79 Å². The molecule has 0 aliphatic carbocycles. The van der Waals surface area contributed by atoms with Crippen LogP contribution >= 0.6 is 0 Å². The van der Waals surface area contributed by atoms with Crippen LogP contribution in [-0.4, -0.2) is 31.4 Å². The van der Waals surface area contributed by atoms with Gasteiger partial charge in [0.05, 0.1) is 0 Å². The van der Waals surface area contributed by atoms with Gasteiger partial charge in [-0.25, -0.2) is 0 Å². The number of amides is 1. The minimum atomic E-state index is 0.250. The molecule has 3 heteroatoms. The lowest BCUT2D eigenvalue weighted by Crippen LogP contribution is -2.12. The van der Waals surface area contributed by atoms with Gasteiger partial charge in [0.15, 0.2) is 0 Å². The molecule has 0 bridgehead atoms. The zero-order chi connectivity index (χ0) is 7.98. The van der Waals surface area contributed by atoms with Crippen molar-refractivity contribution in [2.45, 2.75) is 13.3 Å². The van der Waals surface area contributed by atoms with Crippen LogP contribution in [0.15, 0.2) is 0 Å². The molecule has 0 radical (unpaired) electrons. The molecule has 2 N–H and O–H groups in total. The van der Waals surface area contributed by atoms with E-state index in [1.165, 1.54) is 19.5 Å². The van der Waals surface area contributed by atoms with Crippen LogP contribution in [0.4, 0.5) is 0 Å². The van der Waals surface area contributed by atoms with E-state index < -0.39 is 0 Å². The van der Waals surface area contributed by atoms with Crippen LogP contribution in [0.2, 0.25) is 0 Å². The third kappa shape index (κ3) is 4.32. The molecule has 1 atom stereocenters. The zero-order valence-electron chi connectivity index (χ0n) is 6.71. The Morgan fingerprint density at radius 1 is 1.70 bits per heavy atom. The first kappa shape index (κ1) is 9.43. The Labute approximate surface area is 62.2 Å². The summed E-state index contributed by atoms with van der Waals surface area (Å²) in [5.74, 6) is 0.949. The second-order valence-electron chi connectivity index (χ2n) is 2.79. The smallest absolute Gasteiger partial charge is 0.204 e. The number of rotatable bonds is 0. The molecule has 1 aliphatic heterocycles. The van der Waals surface area contributed by atoms with Gasteiger partial charge in [0.25, 0.3) is 0 Å². The van der Waals surface area contributed by atoms with E-state index in [1.807, 2.05) is 0 Å². The zero-order valence-corrected chi connectivity index (χ0v) is 6.71. The van der Waals surface area contributed by atoms with Crippen LogP contribution in [0, 0.1) is 5.92 Å². The predicted octanol–water partition coefficient (Wildman–Crippen LogP) is 0.0595. The van der Waals surface area contributed by atoms with Crippen molar-refractivity contribution in [2.24, 2.45) is 11.7 Å². The number of nitrogens with two attached hydrogens (primary N) is 1. The third-order valence-electron chi connectivity index (χ3n) is 1.63. The molecule has 1 saturated heterocycles. The van der Waals surface area contributed by atoms with E-state index in [0.29, 0.717) is 0 Å². The maximum absolute atomic E-state index is 8.58. The van der Waals surface area contributed by atoms with Crippen molar-refractivity contribution >= 4 is 6.41 Å². The highest BCUT2D eigenvalue weighted by Crippen LogP contribution is 2.11. The third-order valence-corrected chi connectivity index (χ3v) is 1.63. The van der Waals surface area contributed by atoms with E-state index in [9.17, 15) is 0 Å². The molecule has 1 rings (SSSR count). The van der Waals surface area contributed by atoms with Gasteiger partial charge in [-0.05, 0) is 25.9 Å². The molecule has 1 heterocycles. The lowest BCUT2D eigenvalue weighted by Gasteiger charge is -2.03. The van der Waals surface area contributed by atoms with Gasteiger partial charge in [-0.3, -0.25) is 4.79 Å². The van der Waals surface area contributed by atoms with E-state index in [0.717, 1.165) is 5.92 Å². The fourth-order valence-electron chi connectivity index (χ4n) is 1.16.